The van der Waals surface area contributed by atoms with Crippen molar-refractivity contribution in [3.05, 3.63) is 110 Å². The van der Waals surface area contributed by atoms with Crippen molar-refractivity contribution in [3.63, 3.8) is 0 Å². The first-order chi connectivity index (χ1) is 29.0. The van der Waals surface area contributed by atoms with E-state index in [2.05, 4.69) is 54.1 Å². The number of aromatic nitrogens is 2. The van der Waals surface area contributed by atoms with E-state index >= 15 is 0 Å². The zero-order valence-electron chi connectivity index (χ0n) is 33.5. The number of carbonyl (C=O) groups excluding carboxylic acids is 5. The fraction of sp³-hybridized carbons (Fsp3) is 0.354. The number of likely N-dealkylation sites (tertiary alicyclic amines) is 1. The second-order valence-corrected chi connectivity index (χ2v) is 16.5. The number of benzene rings is 3. The molecule has 3 aliphatic heterocycles. The highest BCUT2D eigenvalue weighted by molar-refractivity contribution is 6.32. The summed E-state index contributed by atoms with van der Waals surface area (Å²) in [6.45, 7) is 6.02. The van der Waals surface area contributed by atoms with Crippen molar-refractivity contribution in [1.29, 1.82) is 5.26 Å². The third-order valence-corrected chi connectivity index (χ3v) is 12.6. The maximum Gasteiger partial charge on any atom is 0.262 e. The molecular formula is C48H43ClN6O5. The summed E-state index contributed by atoms with van der Waals surface area (Å²) in [4.78, 5) is 66.6. The summed E-state index contributed by atoms with van der Waals surface area (Å²) in [7, 11) is 0. The van der Waals surface area contributed by atoms with Crippen molar-refractivity contribution in [3.8, 4) is 41.0 Å². The molecule has 8 rings (SSSR count). The van der Waals surface area contributed by atoms with Crippen molar-refractivity contribution in [1.82, 2.24) is 24.9 Å². The average Bonchev–Trinajstić information content (AvgIpc) is 3.68. The number of nitrogens with zero attached hydrogens (tertiary/aromatic N) is 5. The first-order valence-electron chi connectivity index (χ1n) is 20.5. The van der Waals surface area contributed by atoms with Crippen LogP contribution < -0.4 is 5.32 Å². The van der Waals surface area contributed by atoms with Crippen LogP contribution in [0.4, 0.5) is 0 Å². The molecule has 60 heavy (non-hydrogen) atoms. The number of rotatable bonds is 5. The molecular weight excluding hydrogens is 776 g/mol. The van der Waals surface area contributed by atoms with Gasteiger partial charge in [0.15, 0.2) is 0 Å². The summed E-state index contributed by atoms with van der Waals surface area (Å²) in [6, 6.07) is 19.6. The zero-order chi connectivity index (χ0) is 42.1. The summed E-state index contributed by atoms with van der Waals surface area (Å²) in [5, 5.41) is 16.7. The minimum atomic E-state index is -1.01. The Morgan fingerprint density at radius 2 is 1.48 bits per heavy atom. The third kappa shape index (κ3) is 8.21. The average molecular weight is 819 g/mol. The summed E-state index contributed by atoms with van der Waals surface area (Å²) in [5.74, 6) is 11.8. The van der Waals surface area contributed by atoms with E-state index in [1.165, 1.54) is 0 Å². The maximum atomic E-state index is 13.5. The Morgan fingerprint density at radius 3 is 2.17 bits per heavy atom. The van der Waals surface area contributed by atoms with Crippen LogP contribution >= 0.6 is 11.6 Å². The molecule has 4 heterocycles. The van der Waals surface area contributed by atoms with E-state index in [-0.39, 0.29) is 47.6 Å². The molecule has 2 saturated heterocycles. The number of halogens is 1. The molecule has 1 aliphatic carbocycles. The van der Waals surface area contributed by atoms with Gasteiger partial charge in [0.2, 0.25) is 17.7 Å². The molecule has 0 spiro atoms. The third-order valence-electron chi connectivity index (χ3n) is 12.3. The Labute approximate surface area is 354 Å². The van der Waals surface area contributed by atoms with Gasteiger partial charge in [0.1, 0.15) is 12.1 Å². The van der Waals surface area contributed by atoms with Gasteiger partial charge in [-0.15, -0.1) is 0 Å². The molecule has 1 unspecified atom stereocenters. The van der Waals surface area contributed by atoms with Crippen LogP contribution in [0.2, 0.25) is 5.02 Å². The highest BCUT2D eigenvalue weighted by Gasteiger charge is 2.44. The van der Waals surface area contributed by atoms with Crippen molar-refractivity contribution in [2.24, 2.45) is 17.8 Å². The van der Waals surface area contributed by atoms with Gasteiger partial charge >= 0.3 is 0 Å². The van der Waals surface area contributed by atoms with Gasteiger partial charge in [-0.05, 0) is 112 Å². The van der Waals surface area contributed by atoms with Gasteiger partial charge in [-0.25, -0.2) is 0 Å². The van der Waals surface area contributed by atoms with Crippen LogP contribution in [0.5, 0.6) is 0 Å². The van der Waals surface area contributed by atoms with E-state index < -0.39 is 29.7 Å². The Bertz CT molecular complexity index is 2600. The number of piperidine rings is 2. The van der Waals surface area contributed by atoms with Crippen molar-refractivity contribution >= 4 is 41.1 Å². The van der Waals surface area contributed by atoms with Gasteiger partial charge in [0, 0.05) is 59.6 Å². The number of carbonyl (C=O) groups is 5. The standard InChI is InChI=1S/C48H43ClN6O5/c1-29-30(2)54(52-44(29)37-16-17-38(27-50)41(49)26-37)28-35-9-6-31(7-10-35)3-4-32-11-14-36(15-12-32)46(58)53-23-21-33(22-24-53)5-8-34-13-18-39-40(25-34)48(60)55(47(39)59)42-19-20-43(56)51-45(42)57/h6-7,9-10,13,16-18,25-26,32-33,36,42H,11-12,14-15,19-24,28H2,1-2H3,(H,51,56,57). The van der Waals surface area contributed by atoms with Gasteiger partial charge in [-0.1, -0.05) is 53.5 Å². The SMILES string of the molecule is Cc1c(-c2ccc(C#N)c(Cl)c2)nn(Cc2ccc(C#CC3CCC(C(=O)N4CCC(C#Cc5ccc6c(c5)C(=O)N(C5CCC(=O)NC5=O)C6=O)CC4)CC3)cc2)c1C. The Morgan fingerprint density at radius 1 is 0.817 bits per heavy atom. The van der Waals surface area contributed by atoms with Crippen molar-refractivity contribution in [2.75, 3.05) is 13.1 Å². The Balaban J connectivity index is 0.794. The van der Waals surface area contributed by atoms with E-state index in [9.17, 15) is 29.2 Å². The highest BCUT2D eigenvalue weighted by atomic mass is 35.5. The van der Waals surface area contributed by atoms with Crippen molar-refractivity contribution in [2.45, 2.75) is 77.8 Å². The molecule has 1 saturated carbocycles. The molecule has 11 nitrogen and oxygen atoms in total. The van der Waals surface area contributed by atoms with Crippen LogP contribution in [-0.4, -0.2) is 68.2 Å². The first-order valence-corrected chi connectivity index (χ1v) is 20.9. The number of hydrogen-bond donors (Lipinski definition) is 1. The lowest BCUT2D eigenvalue weighted by molar-refractivity contribution is -0.138. The minimum absolute atomic E-state index is 0.0140. The molecule has 12 heteroatoms. The Kier molecular flexibility index (Phi) is 11.4. The number of imide groups is 2. The molecule has 3 aromatic carbocycles. The van der Waals surface area contributed by atoms with Gasteiger partial charge < -0.3 is 4.90 Å². The number of hydrogen-bond acceptors (Lipinski definition) is 7. The fourth-order valence-electron chi connectivity index (χ4n) is 8.59. The summed E-state index contributed by atoms with van der Waals surface area (Å²) >= 11 is 6.30. The monoisotopic (exact) mass is 818 g/mol. The second-order valence-electron chi connectivity index (χ2n) is 16.1. The Hall–Kier alpha value is -6.48. The van der Waals surface area contributed by atoms with Crippen LogP contribution in [-0.2, 0) is 20.9 Å². The van der Waals surface area contributed by atoms with Crippen LogP contribution in [0.15, 0.2) is 60.7 Å². The van der Waals surface area contributed by atoms with Crippen LogP contribution in [0, 0.1) is 66.6 Å². The number of amides is 5. The first kappa shape index (κ1) is 40.3. The summed E-state index contributed by atoms with van der Waals surface area (Å²) in [6.07, 6.45) is 5.16. The smallest absolute Gasteiger partial charge is 0.262 e. The van der Waals surface area contributed by atoms with E-state index in [1.807, 2.05) is 34.7 Å². The predicted molar refractivity (Wildman–Crippen MR) is 224 cm³/mol. The van der Waals surface area contributed by atoms with E-state index in [4.69, 9.17) is 16.7 Å². The number of fused-ring (bicyclic) bond motifs is 1. The lowest BCUT2D eigenvalue weighted by Gasteiger charge is -2.34. The molecule has 3 fully saturated rings. The van der Waals surface area contributed by atoms with Crippen LogP contribution in [0.25, 0.3) is 11.3 Å². The largest absolute Gasteiger partial charge is 0.342 e. The van der Waals surface area contributed by atoms with E-state index in [0.29, 0.717) is 35.8 Å². The van der Waals surface area contributed by atoms with Crippen LogP contribution in [0.3, 0.4) is 0 Å². The number of nitrogens with one attached hydrogen (secondary N) is 1. The predicted octanol–water partition coefficient (Wildman–Crippen LogP) is 6.59. The molecule has 5 amide bonds. The van der Waals surface area contributed by atoms with Gasteiger partial charge in [0.25, 0.3) is 11.8 Å². The van der Waals surface area contributed by atoms with Crippen molar-refractivity contribution < 1.29 is 24.0 Å². The minimum Gasteiger partial charge on any atom is -0.342 e. The molecule has 0 bridgehead atoms. The molecule has 4 aliphatic rings. The zero-order valence-corrected chi connectivity index (χ0v) is 34.3. The molecule has 302 valence electrons. The topological polar surface area (TPSA) is 145 Å². The number of nitriles is 1. The van der Waals surface area contributed by atoms with E-state index in [0.717, 1.165) is 77.1 Å². The normalized spacial score (nSPS) is 20.4. The van der Waals surface area contributed by atoms with E-state index in [1.54, 1.807) is 30.3 Å². The quantitative estimate of drug-likeness (QED) is 0.177. The van der Waals surface area contributed by atoms with Gasteiger partial charge in [-0.3, -0.25) is 38.9 Å². The summed E-state index contributed by atoms with van der Waals surface area (Å²) in [5.41, 5.74) is 7.42. The molecule has 1 aromatic heterocycles. The fourth-order valence-corrected chi connectivity index (χ4v) is 8.81. The molecule has 0 radical (unpaired) electrons. The maximum absolute atomic E-state index is 13.5. The second kappa shape index (κ2) is 17.0. The van der Waals surface area contributed by atoms with Crippen LogP contribution in [0.1, 0.15) is 106 Å². The lowest BCUT2D eigenvalue weighted by Crippen LogP contribution is -2.54. The molecule has 1 atom stereocenters. The molecule has 1 N–H and O–H groups in total. The molecule has 4 aromatic rings. The highest BCUT2D eigenvalue weighted by Crippen LogP contribution is 2.33. The lowest BCUT2D eigenvalue weighted by atomic mass is 9.81. The van der Waals surface area contributed by atoms with Gasteiger partial charge in [0.05, 0.1) is 34.0 Å². The summed E-state index contributed by atoms with van der Waals surface area (Å²) < 4.78 is 1.99. The van der Waals surface area contributed by atoms with Gasteiger partial charge in [-0.2, -0.15) is 10.4 Å².